The van der Waals surface area contributed by atoms with Gasteiger partial charge in [0.2, 0.25) is 0 Å². The largest absolute Gasteiger partial charge is 0.393 e. The third-order valence-electron chi connectivity index (χ3n) is 3.23. The molecule has 1 atom stereocenters. The van der Waals surface area contributed by atoms with Crippen molar-refractivity contribution < 1.29 is 9.90 Å². The van der Waals surface area contributed by atoms with E-state index in [1.165, 1.54) is 16.5 Å². The van der Waals surface area contributed by atoms with E-state index in [0.717, 1.165) is 10.7 Å². The number of nitrogens with one attached hydrogen (secondary N) is 1. The van der Waals surface area contributed by atoms with Crippen LogP contribution in [0.5, 0.6) is 0 Å². The van der Waals surface area contributed by atoms with Crippen molar-refractivity contribution in [3.63, 3.8) is 0 Å². The highest BCUT2D eigenvalue weighted by atomic mass is 32.1. The lowest BCUT2D eigenvalue weighted by Crippen LogP contribution is -2.59. The number of hydrogen-bond acceptors (Lipinski definition) is 10. The average Bonchev–Trinajstić information content (AvgIpc) is 3.26. The highest BCUT2D eigenvalue weighted by Gasteiger charge is 2.31. The van der Waals surface area contributed by atoms with E-state index in [1.54, 1.807) is 5.38 Å². The topological polar surface area (TPSA) is 132 Å². The van der Waals surface area contributed by atoms with Gasteiger partial charge in [-0.3, -0.25) is 9.78 Å². The zero-order valence-corrected chi connectivity index (χ0v) is 13.6. The highest BCUT2D eigenvalue weighted by molar-refractivity contribution is 7.13. The highest BCUT2D eigenvalue weighted by Crippen LogP contribution is 2.23. The van der Waals surface area contributed by atoms with Gasteiger partial charge in [-0.1, -0.05) is 16.4 Å². The molecular weight excluding hydrogens is 332 g/mol. The maximum Gasteiger partial charge on any atom is 0.290 e. The fourth-order valence-corrected chi connectivity index (χ4v) is 2.87. The molecule has 2 aromatic rings. The third kappa shape index (κ3) is 3.23. The van der Waals surface area contributed by atoms with Crippen LogP contribution in [0.15, 0.2) is 33.9 Å². The molecule has 11 heteroatoms. The Hall–Kier alpha value is -2.47. The second kappa shape index (κ2) is 6.97. The van der Waals surface area contributed by atoms with Crippen LogP contribution in [0.3, 0.4) is 0 Å². The van der Waals surface area contributed by atoms with E-state index in [2.05, 4.69) is 25.8 Å². The van der Waals surface area contributed by atoms with E-state index in [9.17, 15) is 9.90 Å². The van der Waals surface area contributed by atoms with E-state index in [4.69, 9.17) is 5.73 Å². The van der Waals surface area contributed by atoms with Gasteiger partial charge in [-0.15, -0.1) is 16.5 Å². The molecule has 0 aliphatic carbocycles. The van der Waals surface area contributed by atoms with Gasteiger partial charge in [0.15, 0.2) is 6.67 Å². The Morgan fingerprint density at radius 1 is 1.54 bits per heavy atom. The maximum atomic E-state index is 12.7. The summed E-state index contributed by atoms with van der Waals surface area (Å²) < 4.78 is 0. The molecule has 0 radical (unpaired) electrons. The quantitative estimate of drug-likeness (QED) is 0.662. The van der Waals surface area contributed by atoms with E-state index in [0.29, 0.717) is 10.7 Å². The zero-order valence-electron chi connectivity index (χ0n) is 12.8. The number of pyridine rings is 1. The summed E-state index contributed by atoms with van der Waals surface area (Å²) in [7, 11) is 0. The van der Waals surface area contributed by atoms with Crippen LogP contribution in [0.2, 0.25) is 0 Å². The van der Waals surface area contributed by atoms with E-state index in [-0.39, 0.29) is 12.4 Å². The average molecular weight is 348 g/mol. The van der Waals surface area contributed by atoms with Crippen LogP contribution < -0.4 is 11.3 Å². The molecule has 10 nitrogen and oxygen atoms in total. The molecule has 0 spiro atoms. The molecule has 0 bridgehead atoms. The van der Waals surface area contributed by atoms with Gasteiger partial charge in [0.1, 0.15) is 16.9 Å². The summed E-state index contributed by atoms with van der Waals surface area (Å²) in [4.78, 5) is 21.5. The summed E-state index contributed by atoms with van der Waals surface area (Å²) in [5.74, 6) is -0.466. The summed E-state index contributed by atoms with van der Waals surface area (Å²) in [6, 6.07) is 5.60. The summed E-state index contributed by atoms with van der Waals surface area (Å²) in [6.07, 6.45) is -0.948. The van der Waals surface area contributed by atoms with Crippen molar-refractivity contribution in [1.29, 1.82) is 0 Å². The predicted molar refractivity (Wildman–Crippen MR) is 86.0 cm³/mol. The molecule has 1 amide bonds. The molecule has 1 unspecified atom stereocenters. The van der Waals surface area contributed by atoms with Crippen molar-refractivity contribution >= 4 is 17.2 Å². The number of rotatable bonds is 5. The minimum atomic E-state index is -0.948. The van der Waals surface area contributed by atoms with Gasteiger partial charge in [0, 0.05) is 11.1 Å². The molecule has 2 aromatic heterocycles. The Bertz CT molecular complexity index is 756. The molecule has 4 N–H and O–H groups in total. The number of hydrogen-bond donors (Lipinski definition) is 3. The lowest BCUT2D eigenvalue weighted by atomic mass is 10.3. The molecule has 0 saturated heterocycles. The van der Waals surface area contributed by atoms with Gasteiger partial charge < -0.3 is 10.8 Å². The van der Waals surface area contributed by atoms with Gasteiger partial charge in [-0.2, -0.15) is 0 Å². The molecule has 24 heavy (non-hydrogen) atoms. The molecule has 0 aromatic carbocycles. The summed E-state index contributed by atoms with van der Waals surface area (Å²) >= 11 is 1.31. The number of aliphatic hydroxyl groups excluding tert-OH is 1. The molecule has 1 aliphatic rings. The SMILES string of the molecule is Cc1cccc(-c2nc(C(=O)N(C(N)CO)N3CN=NN3)cs2)n1. The zero-order chi connectivity index (χ0) is 17.1. The Kier molecular flexibility index (Phi) is 4.76. The van der Waals surface area contributed by atoms with E-state index < -0.39 is 18.7 Å². The Labute approximate surface area is 141 Å². The smallest absolute Gasteiger partial charge is 0.290 e. The normalized spacial score (nSPS) is 15.3. The number of nitrogens with zero attached hydrogens (tertiary/aromatic N) is 6. The third-order valence-corrected chi connectivity index (χ3v) is 4.09. The minimum absolute atomic E-state index is 0.107. The number of aromatic nitrogens is 2. The van der Waals surface area contributed by atoms with E-state index in [1.807, 2.05) is 25.1 Å². The van der Waals surface area contributed by atoms with Crippen molar-refractivity contribution in [2.75, 3.05) is 13.3 Å². The summed E-state index contributed by atoms with van der Waals surface area (Å²) in [5, 5.41) is 21.3. The van der Waals surface area contributed by atoms with Crippen LogP contribution >= 0.6 is 11.3 Å². The van der Waals surface area contributed by atoms with Crippen LogP contribution in [0.1, 0.15) is 16.2 Å². The van der Waals surface area contributed by atoms with Gasteiger partial charge in [0.25, 0.3) is 5.91 Å². The van der Waals surface area contributed by atoms with Gasteiger partial charge in [0.05, 0.1) is 12.3 Å². The molecule has 0 fully saturated rings. The first-order chi connectivity index (χ1) is 11.6. The number of carbonyl (C=O) groups is 1. The molecular formula is C13H16N8O2S. The molecule has 126 valence electrons. The second-order valence-corrected chi connectivity index (χ2v) is 5.84. The Morgan fingerprint density at radius 3 is 3.04 bits per heavy atom. The second-order valence-electron chi connectivity index (χ2n) is 4.98. The number of amides is 1. The van der Waals surface area contributed by atoms with Crippen molar-refractivity contribution in [3.8, 4) is 10.7 Å². The molecule has 1 aliphatic heterocycles. The standard InChI is InChI=1S/C13H16N8O2S/c1-8-3-2-4-9(16-8)12-17-10(6-24-12)13(23)21(11(14)5-22)20-7-15-18-19-20/h2-4,6,11,22H,5,7,14H2,1H3,(H,15,19). The number of thiazole rings is 1. The van der Waals surface area contributed by atoms with Gasteiger partial charge in [-0.05, 0) is 19.1 Å². The first-order valence-corrected chi connectivity index (χ1v) is 7.97. The first-order valence-electron chi connectivity index (χ1n) is 7.09. The predicted octanol–water partition coefficient (Wildman–Crippen LogP) is 0.293. The van der Waals surface area contributed by atoms with Crippen LogP contribution in [-0.4, -0.2) is 50.5 Å². The monoisotopic (exact) mass is 348 g/mol. The van der Waals surface area contributed by atoms with Crippen molar-refractivity contribution in [2.45, 2.75) is 13.1 Å². The van der Waals surface area contributed by atoms with Gasteiger partial charge >= 0.3 is 0 Å². The lowest BCUT2D eigenvalue weighted by molar-refractivity contribution is -0.0663. The number of nitrogens with two attached hydrogens (primary N) is 1. The number of hydrazine groups is 2. The summed E-state index contributed by atoms with van der Waals surface area (Å²) in [5.41, 5.74) is 10.1. The lowest BCUT2D eigenvalue weighted by Gasteiger charge is -2.32. The van der Waals surface area contributed by atoms with Crippen molar-refractivity contribution in [1.82, 2.24) is 25.6 Å². The number of aliphatic hydroxyl groups is 1. The maximum absolute atomic E-state index is 12.7. The number of aryl methyl sites for hydroxylation is 1. The Balaban J connectivity index is 1.85. The van der Waals surface area contributed by atoms with Crippen LogP contribution in [-0.2, 0) is 0 Å². The minimum Gasteiger partial charge on any atom is -0.393 e. The Morgan fingerprint density at radius 2 is 2.38 bits per heavy atom. The number of carbonyl (C=O) groups excluding carboxylic acids is 1. The first kappa shape index (κ1) is 16.4. The van der Waals surface area contributed by atoms with Crippen LogP contribution in [0.4, 0.5) is 0 Å². The van der Waals surface area contributed by atoms with Crippen molar-refractivity contribution in [3.05, 3.63) is 35.0 Å². The van der Waals surface area contributed by atoms with Crippen LogP contribution in [0, 0.1) is 6.92 Å². The molecule has 0 saturated carbocycles. The molecule has 3 rings (SSSR count). The summed E-state index contributed by atoms with van der Waals surface area (Å²) in [6.45, 7) is 1.58. The fourth-order valence-electron chi connectivity index (χ4n) is 2.11. The molecule has 3 heterocycles. The van der Waals surface area contributed by atoms with E-state index >= 15 is 0 Å². The van der Waals surface area contributed by atoms with Gasteiger partial charge in [-0.25, -0.2) is 15.5 Å². The fraction of sp³-hybridized carbons (Fsp3) is 0.308. The van der Waals surface area contributed by atoms with Crippen molar-refractivity contribution in [2.24, 2.45) is 16.1 Å². The van der Waals surface area contributed by atoms with Crippen LogP contribution in [0.25, 0.3) is 10.7 Å².